The van der Waals surface area contributed by atoms with Crippen molar-refractivity contribution in [2.45, 2.75) is 101 Å². The highest BCUT2D eigenvalue weighted by Crippen LogP contribution is 2.57. The monoisotopic (exact) mass is 455 g/mol. The molecule has 0 radical (unpaired) electrons. The van der Waals surface area contributed by atoms with Crippen LogP contribution in [0, 0.1) is 5.92 Å². The van der Waals surface area contributed by atoms with Crippen molar-refractivity contribution in [1.29, 1.82) is 0 Å². The zero-order chi connectivity index (χ0) is 23.9. The summed E-state index contributed by atoms with van der Waals surface area (Å²) in [5.74, 6) is -3.79. The number of fused-ring (bicyclic) bond motifs is 6. The molecule has 4 fully saturated rings. The first-order valence-electron chi connectivity index (χ1n) is 10.8. The number of amides is 1. The fraction of sp³-hybridized carbons (Fsp3) is 0.818. The highest BCUT2D eigenvalue weighted by Gasteiger charge is 2.79. The van der Waals surface area contributed by atoms with Crippen molar-refractivity contribution in [2.24, 2.45) is 5.92 Å². The Morgan fingerprint density at radius 1 is 1.16 bits per heavy atom. The van der Waals surface area contributed by atoms with Crippen molar-refractivity contribution >= 4 is 12.1 Å². The number of carbonyl (C=O) groups is 2. The Hall–Kier alpha value is -1.72. The maximum Gasteiger partial charge on any atom is 0.408 e. The molecule has 3 saturated heterocycles. The Morgan fingerprint density at radius 3 is 2.31 bits per heavy atom. The van der Waals surface area contributed by atoms with Gasteiger partial charge in [0, 0.05) is 5.92 Å². The van der Waals surface area contributed by atoms with Gasteiger partial charge < -0.3 is 38.8 Å². The van der Waals surface area contributed by atoms with Gasteiger partial charge >= 0.3 is 12.1 Å². The molecule has 10 nitrogen and oxygen atoms in total. The van der Waals surface area contributed by atoms with Crippen molar-refractivity contribution in [2.75, 3.05) is 6.61 Å². The summed E-state index contributed by atoms with van der Waals surface area (Å²) in [4.78, 5) is 25.8. The van der Waals surface area contributed by atoms with E-state index in [1.165, 1.54) is 6.08 Å². The number of aliphatic hydroxyl groups excluding tert-OH is 1. The second-order valence-corrected chi connectivity index (χ2v) is 10.8. The molecule has 1 amide bonds. The van der Waals surface area contributed by atoms with Crippen molar-refractivity contribution in [1.82, 2.24) is 5.32 Å². The zero-order valence-electron chi connectivity index (χ0n) is 19.6. The molecule has 7 atom stereocenters. The Kier molecular flexibility index (Phi) is 5.05. The smallest absolute Gasteiger partial charge is 0.408 e. The highest BCUT2D eigenvalue weighted by molar-refractivity contribution is 5.81. The van der Waals surface area contributed by atoms with Crippen LogP contribution in [0.4, 0.5) is 4.79 Å². The van der Waals surface area contributed by atoms with Gasteiger partial charge in [-0.2, -0.15) is 0 Å². The number of nitrogens with one attached hydrogen (secondary N) is 1. The van der Waals surface area contributed by atoms with E-state index in [1.807, 2.05) is 0 Å². The standard InChI is InChI=1S/C22H33NO9/c1-9-11-13-21(10-27-19(5,6)32-21)14-15(30-20(7,8)29-14)22(11,12(24)16(25)28-13)23-17(26)31-18(2,3)4/h9,11-15,24H,1,10H2,2-8H3,(H,23,26)/t11-,12+,13+,14-,15+,21-,22-/m0/s1. The third kappa shape index (κ3) is 3.35. The van der Waals surface area contributed by atoms with E-state index in [0.717, 1.165) is 0 Å². The number of rotatable bonds is 2. The minimum atomic E-state index is -1.76. The largest absolute Gasteiger partial charge is 0.456 e. The van der Waals surface area contributed by atoms with E-state index in [-0.39, 0.29) is 6.61 Å². The van der Waals surface area contributed by atoms with E-state index in [4.69, 9.17) is 28.4 Å². The zero-order valence-corrected chi connectivity index (χ0v) is 19.6. The van der Waals surface area contributed by atoms with E-state index in [9.17, 15) is 14.7 Å². The number of hydrogen-bond acceptors (Lipinski definition) is 9. The van der Waals surface area contributed by atoms with Gasteiger partial charge in [-0.25, -0.2) is 9.59 Å². The van der Waals surface area contributed by atoms with Crippen LogP contribution in [0.5, 0.6) is 0 Å². The average Bonchev–Trinajstić information content (AvgIpc) is 3.13. The van der Waals surface area contributed by atoms with Crippen molar-refractivity contribution in [3.63, 3.8) is 0 Å². The summed E-state index contributed by atoms with van der Waals surface area (Å²) < 4.78 is 35.8. The molecule has 0 aromatic rings. The molecule has 0 unspecified atom stereocenters. The van der Waals surface area contributed by atoms with Gasteiger partial charge in [-0.05, 0) is 48.5 Å². The molecule has 3 aliphatic heterocycles. The third-order valence-corrected chi connectivity index (χ3v) is 6.38. The van der Waals surface area contributed by atoms with Gasteiger partial charge in [-0.15, -0.1) is 6.58 Å². The number of hydrogen-bond donors (Lipinski definition) is 2. The molecule has 3 heterocycles. The summed E-state index contributed by atoms with van der Waals surface area (Å²) in [5, 5.41) is 13.9. The number of aliphatic hydroxyl groups is 1. The van der Waals surface area contributed by atoms with Gasteiger partial charge in [0.05, 0.1) is 6.61 Å². The molecule has 2 bridgehead atoms. The molecule has 10 heteroatoms. The summed E-state index contributed by atoms with van der Waals surface area (Å²) in [6.07, 6.45) is -3.84. The first-order chi connectivity index (χ1) is 14.6. The fourth-order valence-electron chi connectivity index (χ4n) is 5.37. The van der Waals surface area contributed by atoms with Gasteiger partial charge in [0.15, 0.2) is 23.3 Å². The molecule has 4 rings (SSSR count). The first-order valence-corrected chi connectivity index (χ1v) is 10.8. The number of carbonyl (C=O) groups excluding carboxylic acids is 2. The van der Waals surface area contributed by atoms with Crippen LogP contribution in [0.15, 0.2) is 12.7 Å². The SMILES string of the molecule is C=C[C@H]1[C@H]2OC(=O)[C@@H](O)[C@]1(NC(=O)OC(C)(C)C)[C@@H]1OC(C)(C)O[C@@H]1[C@]21COC(C)(C)O1. The average molecular weight is 456 g/mol. The summed E-state index contributed by atoms with van der Waals surface area (Å²) in [5.41, 5.74) is -3.71. The molecule has 1 aliphatic carbocycles. The molecule has 1 saturated carbocycles. The normalized spacial score (nSPS) is 44.0. The van der Waals surface area contributed by atoms with Crippen LogP contribution in [0.1, 0.15) is 48.5 Å². The molecule has 0 aromatic heterocycles. The van der Waals surface area contributed by atoms with Gasteiger partial charge in [0.25, 0.3) is 0 Å². The Bertz CT molecular complexity index is 834. The molecular weight excluding hydrogens is 422 g/mol. The van der Waals surface area contributed by atoms with Crippen LogP contribution in [0.3, 0.4) is 0 Å². The van der Waals surface area contributed by atoms with Gasteiger partial charge in [0.2, 0.25) is 0 Å². The van der Waals surface area contributed by atoms with Crippen molar-refractivity contribution < 1.29 is 43.1 Å². The molecule has 2 N–H and O–H groups in total. The molecular formula is C22H33NO9. The molecule has 180 valence electrons. The summed E-state index contributed by atoms with van der Waals surface area (Å²) in [6, 6.07) is 0. The quantitative estimate of drug-likeness (QED) is 0.470. The predicted octanol–water partition coefficient (Wildman–Crippen LogP) is 1.39. The summed E-state index contributed by atoms with van der Waals surface area (Å²) in [6.45, 7) is 16.0. The van der Waals surface area contributed by atoms with Crippen LogP contribution in [-0.2, 0) is 33.2 Å². The van der Waals surface area contributed by atoms with Gasteiger partial charge in [-0.3, -0.25) is 0 Å². The molecule has 4 aliphatic rings. The lowest BCUT2D eigenvalue weighted by Gasteiger charge is -2.60. The highest BCUT2D eigenvalue weighted by atomic mass is 16.8. The van der Waals surface area contributed by atoms with E-state index in [0.29, 0.717) is 0 Å². The second kappa shape index (κ2) is 6.89. The number of ether oxygens (including phenoxy) is 6. The summed E-state index contributed by atoms with van der Waals surface area (Å²) >= 11 is 0. The molecule has 32 heavy (non-hydrogen) atoms. The second-order valence-electron chi connectivity index (χ2n) is 10.8. The Morgan fingerprint density at radius 2 is 1.78 bits per heavy atom. The van der Waals surface area contributed by atoms with Crippen molar-refractivity contribution in [3.8, 4) is 0 Å². The molecule has 1 spiro atoms. The van der Waals surface area contributed by atoms with Gasteiger partial charge in [0.1, 0.15) is 29.5 Å². The van der Waals surface area contributed by atoms with Crippen LogP contribution in [-0.4, -0.2) is 76.5 Å². The predicted molar refractivity (Wildman–Crippen MR) is 109 cm³/mol. The topological polar surface area (TPSA) is 122 Å². The van der Waals surface area contributed by atoms with Crippen LogP contribution >= 0.6 is 0 Å². The minimum absolute atomic E-state index is 0.0570. The summed E-state index contributed by atoms with van der Waals surface area (Å²) in [7, 11) is 0. The minimum Gasteiger partial charge on any atom is -0.456 e. The van der Waals surface area contributed by atoms with Gasteiger partial charge in [-0.1, -0.05) is 6.08 Å². The lowest BCUT2D eigenvalue weighted by molar-refractivity contribution is -0.281. The van der Waals surface area contributed by atoms with E-state index < -0.39 is 70.7 Å². The maximum atomic E-state index is 12.9. The maximum absolute atomic E-state index is 12.9. The third-order valence-electron chi connectivity index (χ3n) is 6.38. The Balaban J connectivity index is 1.87. The molecule has 0 aromatic carbocycles. The van der Waals surface area contributed by atoms with Crippen molar-refractivity contribution in [3.05, 3.63) is 12.7 Å². The Labute approximate surface area is 187 Å². The number of alkyl carbamates (subject to hydrolysis) is 1. The van der Waals surface area contributed by atoms with Crippen LogP contribution in [0.25, 0.3) is 0 Å². The van der Waals surface area contributed by atoms with E-state index in [1.54, 1.807) is 48.5 Å². The van der Waals surface area contributed by atoms with Crippen LogP contribution < -0.4 is 5.32 Å². The lowest BCUT2D eigenvalue weighted by atomic mass is 9.58. The van der Waals surface area contributed by atoms with E-state index in [2.05, 4.69) is 11.9 Å². The number of esters is 1. The first kappa shape index (κ1) is 23.4. The van der Waals surface area contributed by atoms with E-state index >= 15 is 0 Å². The van der Waals surface area contributed by atoms with Crippen LogP contribution in [0.2, 0.25) is 0 Å². The lowest BCUT2D eigenvalue weighted by Crippen LogP contribution is -2.85. The fourth-order valence-corrected chi connectivity index (χ4v) is 5.37.